The second-order valence-corrected chi connectivity index (χ2v) is 5.81. The Balaban J connectivity index is 2.21. The first kappa shape index (κ1) is 14.9. The first-order valence-electron chi connectivity index (χ1n) is 7.55. The number of hydrogen-bond acceptors (Lipinski definition) is 3. The highest BCUT2D eigenvalue weighted by molar-refractivity contribution is 5.53. The molecule has 1 aliphatic heterocycles. The smallest absolute Gasteiger partial charge is 0.161 e. The van der Waals surface area contributed by atoms with E-state index in [1.165, 1.54) is 16.7 Å². The van der Waals surface area contributed by atoms with E-state index < -0.39 is 5.60 Å². The number of benzene rings is 2. The van der Waals surface area contributed by atoms with Gasteiger partial charge in [0.1, 0.15) is 5.60 Å². The minimum absolute atomic E-state index is 0.460. The fourth-order valence-electron chi connectivity index (χ4n) is 3.35. The third-order valence-corrected chi connectivity index (χ3v) is 4.54. The zero-order valence-corrected chi connectivity index (χ0v) is 13.6. The van der Waals surface area contributed by atoms with E-state index in [0.717, 1.165) is 23.5 Å². The van der Waals surface area contributed by atoms with Gasteiger partial charge in [-0.25, -0.2) is 0 Å². The molecule has 0 radical (unpaired) electrons. The molecule has 2 aromatic carbocycles. The van der Waals surface area contributed by atoms with E-state index in [4.69, 9.17) is 14.2 Å². The summed E-state index contributed by atoms with van der Waals surface area (Å²) in [5, 5.41) is 0. The van der Waals surface area contributed by atoms with Gasteiger partial charge in [0.05, 0.1) is 20.8 Å². The van der Waals surface area contributed by atoms with Crippen molar-refractivity contribution in [3.63, 3.8) is 0 Å². The third-order valence-electron chi connectivity index (χ3n) is 4.54. The Labute approximate surface area is 131 Å². The van der Waals surface area contributed by atoms with Gasteiger partial charge in [0.25, 0.3) is 0 Å². The molecule has 0 N–H and O–H groups in total. The van der Waals surface area contributed by atoms with Crippen molar-refractivity contribution >= 4 is 0 Å². The number of fused-ring (bicyclic) bond motifs is 1. The van der Waals surface area contributed by atoms with Crippen molar-refractivity contribution < 1.29 is 14.2 Å². The summed E-state index contributed by atoms with van der Waals surface area (Å²) in [5.41, 5.74) is 4.38. The molecule has 0 saturated carbocycles. The minimum atomic E-state index is -0.460. The molecule has 0 spiro atoms. The molecule has 0 aliphatic carbocycles. The van der Waals surface area contributed by atoms with Crippen LogP contribution in [0.1, 0.15) is 29.2 Å². The highest BCUT2D eigenvalue weighted by Gasteiger charge is 2.37. The van der Waals surface area contributed by atoms with E-state index >= 15 is 0 Å². The fraction of sp³-hybridized carbons (Fsp3) is 0.368. The van der Waals surface area contributed by atoms with Gasteiger partial charge in [-0.2, -0.15) is 0 Å². The third kappa shape index (κ3) is 2.26. The zero-order valence-electron chi connectivity index (χ0n) is 13.6. The maximum Gasteiger partial charge on any atom is 0.161 e. The predicted octanol–water partition coefficient (Wildman–Crippen LogP) is 3.85. The largest absolute Gasteiger partial charge is 0.493 e. The molecule has 3 rings (SSSR count). The molecule has 22 heavy (non-hydrogen) atoms. The van der Waals surface area contributed by atoms with E-state index in [2.05, 4.69) is 50.2 Å². The molecule has 2 aromatic rings. The highest BCUT2D eigenvalue weighted by Crippen LogP contribution is 2.44. The van der Waals surface area contributed by atoms with Crippen LogP contribution < -0.4 is 9.47 Å². The van der Waals surface area contributed by atoms with Crippen molar-refractivity contribution in [2.24, 2.45) is 0 Å². The van der Waals surface area contributed by atoms with Crippen molar-refractivity contribution in [3.05, 3.63) is 58.7 Å². The van der Waals surface area contributed by atoms with Crippen LogP contribution in [0.3, 0.4) is 0 Å². The second kappa shape index (κ2) is 5.65. The maximum atomic E-state index is 6.24. The second-order valence-electron chi connectivity index (χ2n) is 5.81. The van der Waals surface area contributed by atoms with Crippen LogP contribution in [0.25, 0.3) is 0 Å². The quantitative estimate of drug-likeness (QED) is 0.861. The SMILES string of the molecule is COc1cc2c(cc1OC)C(C)(c1ccccc1C)OCC2. The summed E-state index contributed by atoms with van der Waals surface area (Å²) in [7, 11) is 3.34. The molecule has 1 heterocycles. The standard InChI is InChI=1S/C19H22O3/c1-13-7-5-6-8-15(13)19(2)16-12-18(21-4)17(20-3)11-14(16)9-10-22-19/h5-8,11-12H,9-10H2,1-4H3. The fourth-order valence-corrected chi connectivity index (χ4v) is 3.35. The van der Waals surface area contributed by atoms with Gasteiger partial charge in [0.15, 0.2) is 11.5 Å². The Morgan fingerprint density at radius 3 is 2.36 bits per heavy atom. The summed E-state index contributed by atoms with van der Waals surface area (Å²) < 4.78 is 17.2. The summed E-state index contributed by atoms with van der Waals surface area (Å²) in [6, 6.07) is 12.5. The molecule has 0 fully saturated rings. The lowest BCUT2D eigenvalue weighted by molar-refractivity contribution is -0.0148. The number of methoxy groups -OCH3 is 2. The zero-order chi connectivity index (χ0) is 15.7. The van der Waals surface area contributed by atoms with Crippen LogP contribution in [0.4, 0.5) is 0 Å². The van der Waals surface area contributed by atoms with Gasteiger partial charge in [-0.15, -0.1) is 0 Å². The summed E-state index contributed by atoms with van der Waals surface area (Å²) in [4.78, 5) is 0. The Hall–Kier alpha value is -2.00. The van der Waals surface area contributed by atoms with Gasteiger partial charge in [-0.05, 0) is 54.7 Å². The van der Waals surface area contributed by atoms with Gasteiger partial charge < -0.3 is 14.2 Å². The topological polar surface area (TPSA) is 27.7 Å². The maximum absolute atomic E-state index is 6.24. The van der Waals surface area contributed by atoms with Crippen molar-refractivity contribution in [2.45, 2.75) is 25.9 Å². The van der Waals surface area contributed by atoms with Crippen LogP contribution in [0.2, 0.25) is 0 Å². The normalized spacial score (nSPS) is 20.4. The molecule has 3 heteroatoms. The molecule has 0 bridgehead atoms. The van der Waals surface area contributed by atoms with Gasteiger partial charge in [-0.3, -0.25) is 0 Å². The lowest BCUT2D eigenvalue weighted by Gasteiger charge is -2.38. The molecule has 0 saturated heterocycles. The molecular weight excluding hydrogens is 276 g/mol. The van der Waals surface area contributed by atoms with Crippen molar-refractivity contribution in [1.82, 2.24) is 0 Å². The van der Waals surface area contributed by atoms with E-state index in [1.807, 2.05) is 0 Å². The molecule has 1 aliphatic rings. The molecule has 0 aromatic heterocycles. The van der Waals surface area contributed by atoms with Gasteiger partial charge in [0.2, 0.25) is 0 Å². The molecule has 0 amide bonds. The highest BCUT2D eigenvalue weighted by atomic mass is 16.5. The van der Waals surface area contributed by atoms with Gasteiger partial charge in [-0.1, -0.05) is 24.3 Å². The van der Waals surface area contributed by atoms with Crippen molar-refractivity contribution in [3.8, 4) is 11.5 Å². The van der Waals surface area contributed by atoms with Gasteiger partial charge in [0, 0.05) is 0 Å². The number of hydrogen-bond donors (Lipinski definition) is 0. The Bertz CT molecular complexity index is 693. The Morgan fingerprint density at radius 2 is 1.68 bits per heavy atom. The van der Waals surface area contributed by atoms with Crippen LogP contribution in [0.15, 0.2) is 36.4 Å². The van der Waals surface area contributed by atoms with E-state index in [0.29, 0.717) is 6.61 Å². The predicted molar refractivity (Wildman–Crippen MR) is 86.8 cm³/mol. The van der Waals surface area contributed by atoms with Crippen LogP contribution >= 0.6 is 0 Å². The Kier molecular flexibility index (Phi) is 3.83. The van der Waals surface area contributed by atoms with E-state index in [-0.39, 0.29) is 0 Å². The number of rotatable bonds is 3. The summed E-state index contributed by atoms with van der Waals surface area (Å²) in [6.07, 6.45) is 0.886. The number of ether oxygens (including phenoxy) is 3. The lowest BCUT2D eigenvalue weighted by Crippen LogP contribution is -2.34. The lowest BCUT2D eigenvalue weighted by atomic mass is 9.80. The first-order chi connectivity index (χ1) is 10.6. The van der Waals surface area contributed by atoms with Crippen LogP contribution in [-0.2, 0) is 16.8 Å². The summed E-state index contributed by atoms with van der Waals surface area (Å²) >= 11 is 0. The number of aryl methyl sites for hydroxylation is 1. The molecule has 1 atom stereocenters. The van der Waals surface area contributed by atoms with Crippen molar-refractivity contribution in [1.29, 1.82) is 0 Å². The van der Waals surface area contributed by atoms with E-state index in [1.54, 1.807) is 14.2 Å². The molecule has 1 unspecified atom stereocenters. The molecular formula is C19H22O3. The summed E-state index contributed by atoms with van der Waals surface area (Å²) in [6.45, 7) is 4.96. The molecule has 3 nitrogen and oxygen atoms in total. The van der Waals surface area contributed by atoms with E-state index in [9.17, 15) is 0 Å². The first-order valence-corrected chi connectivity index (χ1v) is 7.55. The summed E-state index contributed by atoms with van der Waals surface area (Å²) in [5.74, 6) is 1.52. The Morgan fingerprint density at radius 1 is 1.00 bits per heavy atom. The monoisotopic (exact) mass is 298 g/mol. The average Bonchev–Trinajstić information content (AvgIpc) is 2.54. The van der Waals surface area contributed by atoms with Crippen LogP contribution in [-0.4, -0.2) is 20.8 Å². The molecule has 116 valence electrons. The minimum Gasteiger partial charge on any atom is -0.493 e. The van der Waals surface area contributed by atoms with Crippen LogP contribution in [0, 0.1) is 6.92 Å². The van der Waals surface area contributed by atoms with Crippen LogP contribution in [0.5, 0.6) is 11.5 Å². The van der Waals surface area contributed by atoms with Gasteiger partial charge >= 0.3 is 0 Å². The van der Waals surface area contributed by atoms with Crippen molar-refractivity contribution in [2.75, 3.05) is 20.8 Å². The average molecular weight is 298 g/mol.